The summed E-state index contributed by atoms with van der Waals surface area (Å²) in [6.07, 6.45) is -0.845. The van der Waals surface area contributed by atoms with Crippen LogP contribution in [-0.2, 0) is 15.0 Å². The van der Waals surface area contributed by atoms with Crippen LogP contribution in [0.2, 0.25) is 0 Å². The van der Waals surface area contributed by atoms with Crippen molar-refractivity contribution in [1.29, 1.82) is 0 Å². The summed E-state index contributed by atoms with van der Waals surface area (Å²) in [5, 5.41) is 11.3. The van der Waals surface area contributed by atoms with E-state index in [1.165, 1.54) is 4.90 Å². The summed E-state index contributed by atoms with van der Waals surface area (Å²) in [4.78, 5) is 29.1. The molecule has 3 aromatic carbocycles. The highest BCUT2D eigenvalue weighted by Crippen LogP contribution is 2.65. The van der Waals surface area contributed by atoms with Crippen LogP contribution in [0.4, 0.5) is 5.69 Å². The molecule has 7 rings (SSSR count). The van der Waals surface area contributed by atoms with Crippen molar-refractivity contribution in [2.75, 3.05) is 4.90 Å². The van der Waals surface area contributed by atoms with Crippen molar-refractivity contribution in [3.05, 3.63) is 99.5 Å². The van der Waals surface area contributed by atoms with Crippen LogP contribution in [0.15, 0.2) is 77.3 Å². The summed E-state index contributed by atoms with van der Waals surface area (Å²) in [6.45, 7) is 1.75. The van der Waals surface area contributed by atoms with Gasteiger partial charge < -0.3 is 5.11 Å². The van der Waals surface area contributed by atoms with E-state index in [1.54, 1.807) is 19.1 Å². The third-order valence-corrected chi connectivity index (χ3v) is 7.90. The van der Waals surface area contributed by atoms with Crippen LogP contribution in [-0.4, -0.2) is 23.0 Å². The minimum absolute atomic E-state index is 0.188. The molecule has 0 unspecified atom stereocenters. The Hall–Kier alpha value is -2.76. The van der Waals surface area contributed by atoms with Gasteiger partial charge in [-0.2, -0.15) is 0 Å². The van der Waals surface area contributed by atoms with Crippen LogP contribution in [0.1, 0.15) is 35.1 Å². The van der Waals surface area contributed by atoms with Crippen molar-refractivity contribution in [3.63, 3.8) is 0 Å². The first-order valence-electron chi connectivity index (χ1n) is 10.5. The van der Waals surface area contributed by atoms with Crippen LogP contribution >= 0.6 is 15.9 Å². The number of aliphatic hydroxyl groups is 1. The number of anilines is 1. The highest BCUT2D eigenvalue weighted by Gasteiger charge is 2.69. The number of nitrogens with zero attached hydrogens (tertiary/aromatic N) is 1. The molecule has 2 bridgehead atoms. The van der Waals surface area contributed by atoms with Crippen LogP contribution in [0.25, 0.3) is 0 Å². The van der Waals surface area contributed by atoms with E-state index < -0.39 is 23.4 Å². The predicted octanol–water partition coefficient (Wildman–Crippen LogP) is 4.38. The Balaban J connectivity index is 1.67. The van der Waals surface area contributed by atoms with Gasteiger partial charge in [-0.05, 0) is 47.4 Å². The summed E-state index contributed by atoms with van der Waals surface area (Å²) in [5.41, 5.74) is 3.62. The molecule has 1 N–H and O–H groups in total. The van der Waals surface area contributed by atoms with Gasteiger partial charge in [0.15, 0.2) is 0 Å². The van der Waals surface area contributed by atoms with E-state index in [4.69, 9.17) is 0 Å². The SMILES string of the molecule is C[C@H](O)C12c3ccccc3C(c3ccccc31)[C@H]1C(=O)N(c3cccc(Br)c3)C(=O)[C@@H]12. The van der Waals surface area contributed by atoms with E-state index in [9.17, 15) is 14.7 Å². The maximum Gasteiger partial charge on any atom is 0.239 e. The molecule has 31 heavy (non-hydrogen) atoms. The molecule has 1 aliphatic heterocycles. The molecule has 1 heterocycles. The lowest BCUT2D eigenvalue weighted by Gasteiger charge is -2.55. The van der Waals surface area contributed by atoms with Crippen molar-refractivity contribution in [3.8, 4) is 0 Å². The molecule has 3 aromatic rings. The molecule has 0 spiro atoms. The second kappa shape index (κ2) is 6.38. The lowest BCUT2D eigenvalue weighted by atomic mass is 9.46. The Kier molecular flexibility index (Phi) is 3.90. The number of hydrogen-bond donors (Lipinski definition) is 1. The molecule has 1 fully saturated rings. The van der Waals surface area contributed by atoms with Gasteiger partial charge in [0.2, 0.25) is 11.8 Å². The zero-order valence-electron chi connectivity index (χ0n) is 16.8. The molecule has 3 aliphatic carbocycles. The second-order valence-electron chi connectivity index (χ2n) is 8.69. The fraction of sp³-hybridized carbons (Fsp3) is 0.231. The van der Waals surface area contributed by atoms with E-state index in [1.807, 2.05) is 60.7 Å². The van der Waals surface area contributed by atoms with Crippen molar-refractivity contribution in [2.45, 2.75) is 24.4 Å². The molecule has 3 atom stereocenters. The van der Waals surface area contributed by atoms with Crippen LogP contribution in [0.3, 0.4) is 0 Å². The van der Waals surface area contributed by atoms with Gasteiger partial charge in [-0.1, -0.05) is 70.5 Å². The zero-order valence-corrected chi connectivity index (χ0v) is 18.4. The van der Waals surface area contributed by atoms with E-state index in [-0.39, 0.29) is 17.7 Å². The van der Waals surface area contributed by atoms with Gasteiger partial charge in [-0.3, -0.25) is 9.59 Å². The molecule has 0 aromatic heterocycles. The summed E-state index contributed by atoms with van der Waals surface area (Å²) >= 11 is 3.45. The summed E-state index contributed by atoms with van der Waals surface area (Å²) in [7, 11) is 0. The quantitative estimate of drug-likeness (QED) is 0.561. The normalized spacial score (nSPS) is 28.9. The Labute approximate surface area is 188 Å². The van der Waals surface area contributed by atoms with Gasteiger partial charge in [0.1, 0.15) is 0 Å². The van der Waals surface area contributed by atoms with Crippen molar-refractivity contribution in [1.82, 2.24) is 0 Å². The van der Waals surface area contributed by atoms with E-state index in [0.29, 0.717) is 5.69 Å². The van der Waals surface area contributed by atoms with E-state index >= 15 is 0 Å². The third kappa shape index (κ3) is 2.18. The summed E-state index contributed by atoms with van der Waals surface area (Å²) < 4.78 is 0.806. The van der Waals surface area contributed by atoms with Crippen LogP contribution in [0, 0.1) is 11.8 Å². The monoisotopic (exact) mass is 473 g/mol. The zero-order chi connectivity index (χ0) is 21.5. The molecule has 154 valence electrons. The number of rotatable bonds is 2. The van der Waals surface area contributed by atoms with E-state index in [0.717, 1.165) is 26.7 Å². The van der Waals surface area contributed by atoms with Gasteiger partial charge in [0.05, 0.1) is 29.0 Å². The fourth-order valence-electron chi connectivity index (χ4n) is 6.41. The summed E-state index contributed by atoms with van der Waals surface area (Å²) in [6, 6.07) is 23.2. The van der Waals surface area contributed by atoms with Gasteiger partial charge in [-0.25, -0.2) is 4.90 Å². The topological polar surface area (TPSA) is 57.6 Å². The highest BCUT2D eigenvalue weighted by molar-refractivity contribution is 9.10. The Bertz CT molecular complexity index is 1220. The minimum atomic E-state index is -0.958. The molecule has 5 heteroatoms. The Morgan fingerprint density at radius 2 is 1.52 bits per heavy atom. The maximum atomic E-state index is 14.0. The van der Waals surface area contributed by atoms with Gasteiger partial charge >= 0.3 is 0 Å². The first-order chi connectivity index (χ1) is 15.0. The first kappa shape index (κ1) is 19.0. The van der Waals surface area contributed by atoms with Gasteiger partial charge in [-0.15, -0.1) is 0 Å². The number of hydrogen-bond acceptors (Lipinski definition) is 3. The maximum absolute atomic E-state index is 14.0. The smallest absolute Gasteiger partial charge is 0.239 e. The number of imide groups is 1. The van der Waals surface area contributed by atoms with Crippen LogP contribution < -0.4 is 4.90 Å². The lowest BCUT2D eigenvalue weighted by molar-refractivity contribution is -0.126. The Morgan fingerprint density at radius 1 is 0.903 bits per heavy atom. The van der Waals surface area contributed by atoms with E-state index in [2.05, 4.69) is 15.9 Å². The third-order valence-electron chi connectivity index (χ3n) is 7.41. The molecular formula is C26H20BrNO3. The number of carbonyl (C=O) groups excluding carboxylic acids is 2. The number of benzene rings is 3. The molecule has 0 saturated carbocycles. The van der Waals surface area contributed by atoms with Crippen LogP contribution in [0.5, 0.6) is 0 Å². The predicted molar refractivity (Wildman–Crippen MR) is 121 cm³/mol. The average molecular weight is 474 g/mol. The number of carbonyl (C=O) groups is 2. The average Bonchev–Trinajstić information content (AvgIpc) is 3.04. The Morgan fingerprint density at radius 3 is 2.10 bits per heavy atom. The highest BCUT2D eigenvalue weighted by atomic mass is 79.9. The van der Waals surface area contributed by atoms with Gasteiger partial charge in [0.25, 0.3) is 0 Å². The minimum Gasteiger partial charge on any atom is -0.392 e. The van der Waals surface area contributed by atoms with Gasteiger partial charge in [0, 0.05) is 10.4 Å². The second-order valence-corrected chi connectivity index (χ2v) is 9.61. The summed E-state index contributed by atoms with van der Waals surface area (Å²) in [5.74, 6) is -1.80. The van der Waals surface area contributed by atoms with Crippen molar-refractivity contribution < 1.29 is 14.7 Å². The first-order valence-corrected chi connectivity index (χ1v) is 11.3. The standard InChI is InChI=1S/C26H20BrNO3/c1-14(29)26-19-11-4-2-9-17(19)21(18-10-3-5-12-20(18)26)22-23(26)25(31)28(24(22)30)16-8-6-7-15(27)13-16/h2-14,21-23,29H,1H3/t14-,21?,22+,23+,26?/m0/s1. The molecule has 2 amide bonds. The van der Waals surface area contributed by atoms with Crippen molar-refractivity contribution in [2.24, 2.45) is 11.8 Å². The van der Waals surface area contributed by atoms with Crippen molar-refractivity contribution >= 4 is 33.4 Å². The molecule has 1 saturated heterocycles. The molecular weight excluding hydrogens is 454 g/mol. The molecule has 4 aliphatic rings. The largest absolute Gasteiger partial charge is 0.392 e. The lowest BCUT2D eigenvalue weighted by Crippen LogP contribution is -2.58. The molecule has 4 nitrogen and oxygen atoms in total. The number of amides is 2. The fourth-order valence-corrected chi connectivity index (χ4v) is 6.80. The number of aliphatic hydroxyl groups excluding tert-OH is 1. The molecule has 0 radical (unpaired) electrons. The number of halogens is 1.